The van der Waals surface area contributed by atoms with Crippen LogP contribution in [0.4, 0.5) is 11.4 Å². The van der Waals surface area contributed by atoms with Crippen LogP contribution < -0.4 is 9.47 Å². The van der Waals surface area contributed by atoms with Crippen molar-refractivity contribution in [3.8, 4) is 34.5 Å². The third kappa shape index (κ3) is 6.12. The first-order valence-corrected chi connectivity index (χ1v) is 10.7. The lowest BCUT2D eigenvalue weighted by molar-refractivity contribution is -0.386. The van der Waals surface area contributed by atoms with E-state index in [-0.39, 0.29) is 11.5 Å². The summed E-state index contributed by atoms with van der Waals surface area (Å²) in [5.74, 6) is 0.162. The second-order valence-electron chi connectivity index (χ2n) is 7.60. The Balaban J connectivity index is 1.87. The van der Waals surface area contributed by atoms with Crippen LogP contribution in [0.3, 0.4) is 0 Å². The maximum absolute atomic E-state index is 11.0. The maximum Gasteiger partial charge on any atom is 0.310 e. The molecule has 0 amide bonds. The van der Waals surface area contributed by atoms with Crippen LogP contribution in [0.25, 0.3) is 0 Å². The van der Waals surface area contributed by atoms with Gasteiger partial charge in [0.25, 0.3) is 0 Å². The third-order valence-electron chi connectivity index (χ3n) is 5.09. The lowest BCUT2D eigenvalue weighted by atomic mass is 10.0. The molecule has 0 saturated heterocycles. The highest BCUT2D eigenvalue weighted by atomic mass is 16.6. The molecular weight excluding hydrogens is 444 g/mol. The minimum absolute atomic E-state index is 0.192. The van der Waals surface area contributed by atoms with E-state index in [0.717, 1.165) is 55.9 Å². The number of hydrogen-bond donors (Lipinski definition) is 2. The molecule has 2 N–H and O–H groups in total. The van der Waals surface area contributed by atoms with Gasteiger partial charge in [-0.05, 0) is 36.6 Å². The fourth-order valence-corrected chi connectivity index (χ4v) is 3.35. The van der Waals surface area contributed by atoms with Crippen molar-refractivity contribution in [1.82, 2.24) is 0 Å². The minimum atomic E-state index is -0.696. The van der Waals surface area contributed by atoms with E-state index in [1.807, 2.05) is 6.07 Å². The molecule has 0 aliphatic rings. The second-order valence-corrected chi connectivity index (χ2v) is 7.60. The Morgan fingerprint density at radius 2 is 1.26 bits per heavy atom. The van der Waals surface area contributed by atoms with Crippen LogP contribution in [0.5, 0.6) is 34.5 Å². The van der Waals surface area contributed by atoms with Crippen molar-refractivity contribution in [2.45, 2.75) is 39.0 Å². The summed E-state index contributed by atoms with van der Waals surface area (Å²) in [6.07, 6.45) is 4.92. The zero-order chi connectivity index (χ0) is 24.7. The Kier molecular flexibility index (Phi) is 7.86. The number of nitro groups is 2. The van der Waals surface area contributed by atoms with Crippen molar-refractivity contribution in [3.05, 3.63) is 80.4 Å². The Bertz CT molecular complexity index is 1200. The molecule has 178 valence electrons. The normalized spacial score (nSPS) is 10.6. The van der Waals surface area contributed by atoms with Crippen molar-refractivity contribution in [2.75, 3.05) is 0 Å². The van der Waals surface area contributed by atoms with E-state index in [2.05, 4.69) is 6.92 Å². The van der Waals surface area contributed by atoms with Crippen molar-refractivity contribution in [1.29, 1.82) is 0 Å². The average Bonchev–Trinajstić information content (AvgIpc) is 2.77. The van der Waals surface area contributed by atoms with Gasteiger partial charge >= 0.3 is 11.4 Å². The molecule has 10 nitrogen and oxygen atoms in total. The van der Waals surface area contributed by atoms with E-state index in [1.54, 1.807) is 12.1 Å². The molecular formula is C24H24N2O8. The quantitative estimate of drug-likeness (QED) is 0.181. The summed E-state index contributed by atoms with van der Waals surface area (Å²) < 4.78 is 11.7. The lowest BCUT2D eigenvalue weighted by Gasteiger charge is -2.14. The van der Waals surface area contributed by atoms with Crippen molar-refractivity contribution >= 4 is 11.4 Å². The number of benzene rings is 3. The molecule has 34 heavy (non-hydrogen) atoms. The number of phenolic OH excluding ortho intramolecular Hbond substituents is 2. The standard InChI is InChI=1S/C24H24N2O8/c1-2-3-4-5-6-16-7-8-19(33-17-9-11-20(25(29)30)22(27)13-17)15-24(16)34-18-10-12-21(26(31)32)23(28)14-18/h7-15,27-28H,2-6H2,1H3. The summed E-state index contributed by atoms with van der Waals surface area (Å²) >= 11 is 0. The summed E-state index contributed by atoms with van der Waals surface area (Å²) in [6, 6.07) is 12.5. The molecule has 0 aliphatic heterocycles. The number of nitro benzene ring substituents is 2. The van der Waals surface area contributed by atoms with Gasteiger partial charge in [0.1, 0.15) is 23.0 Å². The molecule has 10 heteroatoms. The number of rotatable bonds is 11. The summed E-state index contributed by atoms with van der Waals surface area (Å²) in [5, 5.41) is 41.6. The van der Waals surface area contributed by atoms with Crippen LogP contribution in [-0.2, 0) is 6.42 Å². The zero-order valence-electron chi connectivity index (χ0n) is 18.5. The van der Waals surface area contributed by atoms with Crippen molar-refractivity contribution < 1.29 is 29.5 Å². The van der Waals surface area contributed by atoms with E-state index in [9.17, 15) is 30.4 Å². The molecule has 3 aromatic carbocycles. The van der Waals surface area contributed by atoms with Gasteiger partial charge in [0, 0.05) is 30.3 Å². The zero-order valence-corrected chi connectivity index (χ0v) is 18.5. The van der Waals surface area contributed by atoms with Gasteiger partial charge in [-0.1, -0.05) is 32.3 Å². The Morgan fingerprint density at radius 1 is 0.735 bits per heavy atom. The van der Waals surface area contributed by atoms with Crippen molar-refractivity contribution in [3.63, 3.8) is 0 Å². The molecule has 0 radical (unpaired) electrons. The first kappa shape index (κ1) is 24.3. The van der Waals surface area contributed by atoms with Crippen LogP contribution in [-0.4, -0.2) is 20.1 Å². The summed E-state index contributed by atoms with van der Waals surface area (Å²) in [4.78, 5) is 20.5. The highest BCUT2D eigenvalue weighted by Crippen LogP contribution is 2.37. The van der Waals surface area contributed by atoms with Gasteiger partial charge in [-0.2, -0.15) is 0 Å². The van der Waals surface area contributed by atoms with Gasteiger partial charge < -0.3 is 19.7 Å². The maximum atomic E-state index is 11.0. The number of ether oxygens (including phenoxy) is 2. The first-order chi connectivity index (χ1) is 16.3. The van der Waals surface area contributed by atoms with Gasteiger partial charge in [-0.15, -0.1) is 0 Å². The average molecular weight is 468 g/mol. The second kappa shape index (κ2) is 11.0. The molecule has 3 aromatic rings. The number of hydrogen-bond acceptors (Lipinski definition) is 8. The van der Waals surface area contributed by atoms with Crippen LogP contribution in [0.2, 0.25) is 0 Å². The number of phenols is 2. The topological polar surface area (TPSA) is 145 Å². The number of unbranched alkanes of at least 4 members (excludes halogenated alkanes) is 3. The first-order valence-electron chi connectivity index (χ1n) is 10.7. The van der Waals surface area contributed by atoms with E-state index < -0.39 is 32.7 Å². The van der Waals surface area contributed by atoms with E-state index in [1.165, 1.54) is 18.2 Å². The molecule has 0 fully saturated rings. The van der Waals surface area contributed by atoms with Crippen molar-refractivity contribution in [2.24, 2.45) is 0 Å². The molecule has 3 rings (SSSR count). The monoisotopic (exact) mass is 468 g/mol. The van der Waals surface area contributed by atoms with E-state index >= 15 is 0 Å². The molecule has 0 aliphatic carbocycles. The SMILES string of the molecule is CCCCCCc1ccc(Oc2ccc([N+](=O)[O-])c(O)c2)cc1Oc1ccc([N+](=O)[O-])c(O)c1. The largest absolute Gasteiger partial charge is 0.502 e. The highest BCUT2D eigenvalue weighted by molar-refractivity contribution is 5.53. The van der Waals surface area contributed by atoms with Gasteiger partial charge in [-0.25, -0.2) is 0 Å². The molecule has 0 bridgehead atoms. The summed E-state index contributed by atoms with van der Waals surface area (Å²) in [7, 11) is 0. The number of aromatic hydroxyl groups is 2. The van der Waals surface area contributed by atoms with Crippen LogP contribution in [0.15, 0.2) is 54.6 Å². The summed E-state index contributed by atoms with van der Waals surface area (Å²) in [6.45, 7) is 2.12. The molecule has 0 saturated carbocycles. The molecule has 0 unspecified atom stereocenters. The van der Waals surface area contributed by atoms with Crippen LogP contribution in [0, 0.1) is 20.2 Å². The third-order valence-corrected chi connectivity index (χ3v) is 5.09. The Morgan fingerprint density at radius 3 is 1.79 bits per heavy atom. The predicted octanol–water partition coefficient (Wildman–Crippen LogP) is 6.62. The van der Waals surface area contributed by atoms with E-state index in [0.29, 0.717) is 11.5 Å². The molecule has 0 aromatic heterocycles. The van der Waals surface area contributed by atoms with Crippen LogP contribution >= 0.6 is 0 Å². The predicted molar refractivity (Wildman–Crippen MR) is 124 cm³/mol. The highest BCUT2D eigenvalue weighted by Gasteiger charge is 2.17. The Hall–Kier alpha value is -4.34. The number of aryl methyl sites for hydroxylation is 1. The minimum Gasteiger partial charge on any atom is -0.502 e. The molecule has 0 heterocycles. The van der Waals surface area contributed by atoms with Gasteiger partial charge in [0.2, 0.25) is 0 Å². The Labute approximate surface area is 195 Å². The smallest absolute Gasteiger partial charge is 0.310 e. The molecule has 0 atom stereocenters. The van der Waals surface area contributed by atoms with Gasteiger partial charge in [0.15, 0.2) is 11.5 Å². The van der Waals surface area contributed by atoms with Gasteiger partial charge in [0.05, 0.1) is 9.85 Å². The fraction of sp³-hybridized carbons (Fsp3) is 0.250. The molecule has 0 spiro atoms. The lowest BCUT2D eigenvalue weighted by Crippen LogP contribution is -1.95. The van der Waals surface area contributed by atoms with Gasteiger partial charge in [-0.3, -0.25) is 20.2 Å². The van der Waals surface area contributed by atoms with E-state index in [4.69, 9.17) is 9.47 Å². The van der Waals surface area contributed by atoms with Crippen LogP contribution in [0.1, 0.15) is 38.2 Å². The number of nitrogens with zero attached hydrogens (tertiary/aromatic N) is 2. The summed E-state index contributed by atoms with van der Waals surface area (Å²) in [5.41, 5.74) is 0.0202. The fourth-order valence-electron chi connectivity index (χ4n) is 3.35.